The molecular formula is C12H21ClN2O4S. The van der Waals surface area contributed by atoms with E-state index in [0.717, 1.165) is 12.8 Å². The van der Waals surface area contributed by atoms with E-state index in [1.807, 2.05) is 20.8 Å². The standard InChI is InChI=1S/C12H21ClN2O4S/c1-11(2,3)19-10(16)14-8-12(9-14)4-6-15(7-5-12)20(13,17)18/h4-9H2,1-3H3. The van der Waals surface area contributed by atoms with Crippen molar-refractivity contribution in [2.45, 2.75) is 39.2 Å². The van der Waals surface area contributed by atoms with Gasteiger partial charge in [0.1, 0.15) is 5.60 Å². The molecule has 0 aromatic carbocycles. The summed E-state index contributed by atoms with van der Waals surface area (Å²) in [5.74, 6) is 0. The molecule has 1 spiro atoms. The Morgan fingerprint density at radius 3 is 2.10 bits per heavy atom. The molecule has 2 aliphatic rings. The van der Waals surface area contributed by atoms with Crippen molar-refractivity contribution in [2.75, 3.05) is 26.2 Å². The summed E-state index contributed by atoms with van der Waals surface area (Å²) >= 11 is 0. The molecular weight excluding hydrogens is 304 g/mol. The van der Waals surface area contributed by atoms with Gasteiger partial charge in [-0.25, -0.2) is 4.79 Å². The summed E-state index contributed by atoms with van der Waals surface area (Å²) in [6, 6.07) is 0. The predicted octanol–water partition coefficient (Wildman–Crippen LogP) is 1.80. The summed E-state index contributed by atoms with van der Waals surface area (Å²) in [6.07, 6.45) is 1.17. The smallest absolute Gasteiger partial charge is 0.410 e. The minimum Gasteiger partial charge on any atom is -0.444 e. The third kappa shape index (κ3) is 3.56. The van der Waals surface area contributed by atoms with Crippen molar-refractivity contribution < 1.29 is 17.9 Å². The van der Waals surface area contributed by atoms with E-state index in [9.17, 15) is 13.2 Å². The zero-order valence-electron chi connectivity index (χ0n) is 12.1. The number of rotatable bonds is 1. The molecule has 0 N–H and O–H groups in total. The number of likely N-dealkylation sites (tertiary alicyclic amines) is 1. The van der Waals surface area contributed by atoms with E-state index < -0.39 is 14.8 Å². The summed E-state index contributed by atoms with van der Waals surface area (Å²) in [5.41, 5.74) is -0.453. The third-order valence-electron chi connectivity index (χ3n) is 3.80. The molecule has 2 saturated heterocycles. The van der Waals surface area contributed by atoms with Crippen LogP contribution in [0.4, 0.5) is 4.79 Å². The molecule has 8 heteroatoms. The number of hydrogen-bond acceptors (Lipinski definition) is 4. The van der Waals surface area contributed by atoms with Crippen LogP contribution >= 0.6 is 10.7 Å². The lowest BCUT2D eigenvalue weighted by molar-refractivity contribution is -0.0519. The SMILES string of the molecule is CC(C)(C)OC(=O)N1CC2(CCN(S(=O)(=O)Cl)CC2)C1. The van der Waals surface area contributed by atoms with Crippen molar-refractivity contribution in [3.8, 4) is 0 Å². The van der Waals surface area contributed by atoms with Crippen molar-refractivity contribution in [1.29, 1.82) is 0 Å². The van der Waals surface area contributed by atoms with Gasteiger partial charge >= 0.3 is 6.09 Å². The molecule has 6 nitrogen and oxygen atoms in total. The fourth-order valence-electron chi connectivity index (χ4n) is 2.71. The summed E-state index contributed by atoms with van der Waals surface area (Å²) in [7, 11) is 1.72. The molecule has 2 heterocycles. The van der Waals surface area contributed by atoms with Crippen LogP contribution in [0.3, 0.4) is 0 Å². The van der Waals surface area contributed by atoms with E-state index in [2.05, 4.69) is 0 Å². The second-order valence-corrected chi connectivity index (χ2v) is 9.19. The number of carbonyl (C=O) groups is 1. The summed E-state index contributed by atoms with van der Waals surface area (Å²) in [5, 5.41) is 0. The van der Waals surface area contributed by atoms with Gasteiger partial charge in [0, 0.05) is 42.3 Å². The maximum Gasteiger partial charge on any atom is 0.410 e. The van der Waals surface area contributed by atoms with Crippen molar-refractivity contribution in [3.63, 3.8) is 0 Å². The highest BCUT2D eigenvalue weighted by atomic mass is 35.7. The van der Waals surface area contributed by atoms with Crippen LogP contribution in [-0.4, -0.2) is 55.5 Å². The second kappa shape index (κ2) is 5.03. The third-order valence-corrected chi connectivity index (χ3v) is 5.36. The highest BCUT2D eigenvalue weighted by molar-refractivity contribution is 8.11. The van der Waals surface area contributed by atoms with Crippen LogP contribution in [0.25, 0.3) is 0 Å². The number of nitrogens with zero attached hydrogens (tertiary/aromatic N) is 2. The van der Waals surface area contributed by atoms with Gasteiger partial charge in [-0.15, -0.1) is 0 Å². The fourth-order valence-corrected chi connectivity index (χ4v) is 3.75. The van der Waals surface area contributed by atoms with Crippen molar-refractivity contribution in [3.05, 3.63) is 0 Å². The molecule has 2 rings (SSSR count). The number of hydrogen-bond donors (Lipinski definition) is 0. The number of piperidine rings is 1. The molecule has 0 aromatic heterocycles. The van der Waals surface area contributed by atoms with Crippen LogP contribution in [-0.2, 0) is 14.0 Å². The lowest BCUT2D eigenvalue weighted by atomic mass is 9.72. The van der Waals surface area contributed by atoms with Gasteiger partial charge in [0.05, 0.1) is 0 Å². The van der Waals surface area contributed by atoms with E-state index in [1.165, 1.54) is 4.31 Å². The normalized spacial score (nSPS) is 23.5. The van der Waals surface area contributed by atoms with Gasteiger partial charge in [-0.05, 0) is 33.6 Å². The topological polar surface area (TPSA) is 66.9 Å². The first kappa shape index (κ1) is 15.9. The zero-order valence-corrected chi connectivity index (χ0v) is 13.6. The molecule has 0 atom stereocenters. The van der Waals surface area contributed by atoms with Crippen LogP contribution in [0.2, 0.25) is 0 Å². The van der Waals surface area contributed by atoms with E-state index in [1.54, 1.807) is 4.90 Å². The van der Waals surface area contributed by atoms with Crippen LogP contribution in [0.15, 0.2) is 0 Å². The summed E-state index contributed by atoms with van der Waals surface area (Å²) in [4.78, 5) is 13.5. The Bertz CT molecular complexity index is 484. The molecule has 0 radical (unpaired) electrons. The predicted molar refractivity (Wildman–Crippen MR) is 75.8 cm³/mol. The van der Waals surface area contributed by atoms with E-state index in [4.69, 9.17) is 15.4 Å². The van der Waals surface area contributed by atoms with Gasteiger partial charge in [-0.1, -0.05) is 0 Å². The van der Waals surface area contributed by atoms with Gasteiger partial charge in [-0.3, -0.25) is 0 Å². The Labute approximate surface area is 124 Å². The van der Waals surface area contributed by atoms with Gasteiger partial charge < -0.3 is 9.64 Å². The molecule has 0 bridgehead atoms. The molecule has 0 saturated carbocycles. The lowest BCUT2D eigenvalue weighted by Gasteiger charge is -2.53. The molecule has 0 aromatic rings. The van der Waals surface area contributed by atoms with Gasteiger partial charge in [-0.2, -0.15) is 12.7 Å². The van der Waals surface area contributed by atoms with E-state index in [-0.39, 0.29) is 11.5 Å². The molecule has 2 aliphatic heterocycles. The Kier molecular flexibility index (Phi) is 3.99. The van der Waals surface area contributed by atoms with Crippen LogP contribution in [0.1, 0.15) is 33.6 Å². The number of carbonyl (C=O) groups excluding carboxylic acids is 1. The second-order valence-electron chi connectivity index (χ2n) is 6.68. The first-order chi connectivity index (χ1) is 9.01. The quantitative estimate of drug-likeness (QED) is 0.690. The molecule has 0 aliphatic carbocycles. The van der Waals surface area contributed by atoms with E-state index in [0.29, 0.717) is 26.2 Å². The van der Waals surface area contributed by atoms with E-state index >= 15 is 0 Å². The zero-order chi connectivity index (χ0) is 15.2. The lowest BCUT2D eigenvalue weighted by Crippen LogP contribution is -2.62. The first-order valence-corrected chi connectivity index (χ1v) is 8.95. The highest BCUT2D eigenvalue weighted by Crippen LogP contribution is 2.41. The number of halogens is 1. The van der Waals surface area contributed by atoms with Crippen molar-refractivity contribution in [1.82, 2.24) is 9.21 Å². The van der Waals surface area contributed by atoms with Crippen LogP contribution in [0, 0.1) is 5.41 Å². The van der Waals surface area contributed by atoms with Gasteiger partial charge in [0.25, 0.3) is 9.24 Å². The summed E-state index contributed by atoms with van der Waals surface area (Å²) in [6.45, 7) is 7.64. The highest BCUT2D eigenvalue weighted by Gasteiger charge is 2.48. The number of amides is 1. The Morgan fingerprint density at radius 1 is 1.20 bits per heavy atom. The molecule has 0 unspecified atom stereocenters. The minimum atomic E-state index is -3.61. The number of ether oxygens (including phenoxy) is 1. The fraction of sp³-hybridized carbons (Fsp3) is 0.917. The molecule has 2 fully saturated rings. The average molecular weight is 325 g/mol. The average Bonchev–Trinajstić information content (AvgIpc) is 2.22. The largest absolute Gasteiger partial charge is 0.444 e. The maximum absolute atomic E-state index is 11.9. The maximum atomic E-state index is 11.9. The van der Waals surface area contributed by atoms with Crippen molar-refractivity contribution in [2.24, 2.45) is 5.41 Å². The van der Waals surface area contributed by atoms with Crippen LogP contribution < -0.4 is 0 Å². The van der Waals surface area contributed by atoms with Crippen LogP contribution in [0.5, 0.6) is 0 Å². The minimum absolute atomic E-state index is 0.0367. The van der Waals surface area contributed by atoms with Gasteiger partial charge in [0.2, 0.25) is 0 Å². The molecule has 116 valence electrons. The van der Waals surface area contributed by atoms with Crippen molar-refractivity contribution >= 4 is 26.0 Å². The first-order valence-electron chi connectivity index (χ1n) is 6.69. The Morgan fingerprint density at radius 2 is 1.70 bits per heavy atom. The molecule has 20 heavy (non-hydrogen) atoms. The monoisotopic (exact) mass is 324 g/mol. The Balaban J connectivity index is 1.84. The summed E-state index contributed by atoms with van der Waals surface area (Å²) < 4.78 is 29.1. The molecule has 1 amide bonds. The Hall–Kier alpha value is -0.530. The van der Waals surface area contributed by atoms with Gasteiger partial charge in [0.15, 0.2) is 0 Å².